The van der Waals surface area contributed by atoms with E-state index in [0.29, 0.717) is 0 Å². The second-order valence-corrected chi connectivity index (χ2v) is 4.12. The Bertz CT molecular complexity index is 392. The quantitative estimate of drug-likeness (QED) is 0.754. The molecule has 0 unspecified atom stereocenters. The molecule has 56 valence electrons. The van der Waals surface area contributed by atoms with Crippen molar-refractivity contribution in [3.05, 3.63) is 33.3 Å². The van der Waals surface area contributed by atoms with E-state index in [1.54, 1.807) is 0 Å². The zero-order valence-corrected chi connectivity index (χ0v) is 8.74. The van der Waals surface area contributed by atoms with Gasteiger partial charge in [-0.05, 0) is 34.1 Å². The van der Waals surface area contributed by atoms with Gasteiger partial charge < -0.3 is 4.98 Å². The summed E-state index contributed by atoms with van der Waals surface area (Å²) >= 11 is 6.78. The van der Waals surface area contributed by atoms with E-state index in [9.17, 15) is 0 Å². The molecule has 0 spiro atoms. The average molecular weight is 275 g/mol. The van der Waals surface area contributed by atoms with Gasteiger partial charge >= 0.3 is 0 Å². The van der Waals surface area contributed by atoms with Crippen LogP contribution < -0.4 is 0 Å². The number of aromatic amines is 1. The number of fused-ring (bicyclic) bond motifs is 1. The highest BCUT2D eigenvalue weighted by Gasteiger charge is 1.96. The third kappa shape index (κ3) is 1.35. The van der Waals surface area contributed by atoms with Crippen LogP contribution in [0, 0.1) is 0 Å². The molecule has 11 heavy (non-hydrogen) atoms. The molecule has 2 rings (SSSR count). The van der Waals surface area contributed by atoms with Gasteiger partial charge in [0.25, 0.3) is 0 Å². The van der Waals surface area contributed by atoms with E-state index in [2.05, 4.69) is 55.0 Å². The van der Waals surface area contributed by atoms with Crippen LogP contribution >= 0.6 is 31.9 Å². The second kappa shape index (κ2) is 2.64. The van der Waals surface area contributed by atoms with E-state index in [0.717, 1.165) is 14.6 Å². The monoisotopic (exact) mass is 273 g/mol. The van der Waals surface area contributed by atoms with Crippen molar-refractivity contribution in [2.24, 2.45) is 0 Å². The van der Waals surface area contributed by atoms with Crippen LogP contribution in [-0.4, -0.2) is 4.98 Å². The lowest BCUT2D eigenvalue weighted by atomic mass is 10.3. The van der Waals surface area contributed by atoms with Gasteiger partial charge in [-0.15, -0.1) is 0 Å². The lowest BCUT2D eigenvalue weighted by molar-refractivity contribution is 1.41. The average Bonchev–Trinajstić information content (AvgIpc) is 2.27. The zero-order valence-electron chi connectivity index (χ0n) is 5.57. The van der Waals surface area contributed by atoms with Crippen LogP contribution in [0.5, 0.6) is 0 Å². The Kier molecular flexibility index (Phi) is 1.77. The molecule has 1 heterocycles. The SMILES string of the molecule is Brc1ccc2cc(Br)[nH]c2c1. The Hall–Kier alpha value is -0.280. The maximum atomic E-state index is 3.41. The van der Waals surface area contributed by atoms with Crippen LogP contribution in [0.3, 0.4) is 0 Å². The van der Waals surface area contributed by atoms with E-state index in [1.807, 2.05) is 6.07 Å². The predicted octanol–water partition coefficient (Wildman–Crippen LogP) is 3.69. The van der Waals surface area contributed by atoms with Crippen LogP contribution in [0.1, 0.15) is 0 Å². The third-order valence-corrected chi connectivity index (χ3v) is 2.47. The molecular weight excluding hydrogens is 270 g/mol. The van der Waals surface area contributed by atoms with Crippen LogP contribution in [-0.2, 0) is 0 Å². The molecule has 0 atom stereocenters. The standard InChI is InChI=1S/C8H5Br2N/c9-6-2-1-5-3-8(10)11-7(5)4-6/h1-4,11H. The van der Waals surface area contributed by atoms with E-state index in [1.165, 1.54) is 5.39 Å². The first-order chi connectivity index (χ1) is 5.25. The fourth-order valence-corrected chi connectivity index (χ4v) is 1.89. The molecule has 0 saturated heterocycles. The number of aromatic nitrogens is 1. The molecule has 0 fully saturated rings. The second-order valence-electron chi connectivity index (χ2n) is 2.35. The van der Waals surface area contributed by atoms with Crippen molar-refractivity contribution in [2.75, 3.05) is 0 Å². The normalized spacial score (nSPS) is 10.7. The summed E-state index contributed by atoms with van der Waals surface area (Å²) in [4.78, 5) is 3.19. The molecule has 0 amide bonds. The highest BCUT2D eigenvalue weighted by Crippen LogP contribution is 2.22. The van der Waals surface area contributed by atoms with Crippen molar-refractivity contribution in [3.63, 3.8) is 0 Å². The summed E-state index contributed by atoms with van der Waals surface area (Å²) in [6.07, 6.45) is 0. The molecule has 3 heteroatoms. The summed E-state index contributed by atoms with van der Waals surface area (Å²) in [6.45, 7) is 0. The largest absolute Gasteiger partial charge is 0.349 e. The molecule has 1 aromatic heterocycles. The van der Waals surface area contributed by atoms with E-state index >= 15 is 0 Å². The van der Waals surface area contributed by atoms with Crippen LogP contribution in [0.25, 0.3) is 10.9 Å². The highest BCUT2D eigenvalue weighted by molar-refractivity contribution is 9.10. The van der Waals surface area contributed by atoms with Crippen LogP contribution in [0.15, 0.2) is 33.3 Å². The summed E-state index contributed by atoms with van der Waals surface area (Å²) < 4.78 is 2.12. The number of halogens is 2. The maximum Gasteiger partial charge on any atom is 0.0830 e. The van der Waals surface area contributed by atoms with Gasteiger partial charge in [0, 0.05) is 15.4 Å². The molecular formula is C8H5Br2N. The van der Waals surface area contributed by atoms with Crippen molar-refractivity contribution in [1.29, 1.82) is 0 Å². The van der Waals surface area contributed by atoms with Crippen LogP contribution in [0.4, 0.5) is 0 Å². The third-order valence-electron chi connectivity index (χ3n) is 1.55. The molecule has 0 saturated carbocycles. The minimum absolute atomic E-state index is 1.02. The number of hydrogen-bond acceptors (Lipinski definition) is 0. The summed E-state index contributed by atoms with van der Waals surface area (Å²) in [5.74, 6) is 0. The Morgan fingerprint density at radius 3 is 2.73 bits per heavy atom. The predicted molar refractivity (Wildman–Crippen MR) is 53.7 cm³/mol. The Balaban J connectivity index is 2.82. The van der Waals surface area contributed by atoms with Crippen molar-refractivity contribution >= 4 is 42.8 Å². The van der Waals surface area contributed by atoms with Gasteiger partial charge in [-0.1, -0.05) is 22.0 Å². The molecule has 0 aliphatic carbocycles. The van der Waals surface area contributed by atoms with Crippen molar-refractivity contribution in [1.82, 2.24) is 4.98 Å². The minimum Gasteiger partial charge on any atom is -0.349 e. The first-order valence-electron chi connectivity index (χ1n) is 3.19. The smallest absolute Gasteiger partial charge is 0.0830 e. The number of nitrogens with one attached hydrogen (secondary N) is 1. The molecule has 2 aromatic rings. The summed E-state index contributed by atoms with van der Waals surface area (Å²) in [6, 6.07) is 8.21. The minimum atomic E-state index is 1.02. The van der Waals surface area contributed by atoms with Gasteiger partial charge in [0.1, 0.15) is 0 Å². The lowest BCUT2D eigenvalue weighted by Crippen LogP contribution is -1.66. The zero-order chi connectivity index (χ0) is 7.84. The molecule has 1 N–H and O–H groups in total. The van der Waals surface area contributed by atoms with Gasteiger partial charge in [-0.2, -0.15) is 0 Å². The van der Waals surface area contributed by atoms with Crippen molar-refractivity contribution < 1.29 is 0 Å². The highest BCUT2D eigenvalue weighted by atomic mass is 79.9. The first kappa shape index (κ1) is 7.37. The fourth-order valence-electron chi connectivity index (χ4n) is 1.06. The maximum absolute atomic E-state index is 3.41. The van der Waals surface area contributed by atoms with Gasteiger partial charge in [0.2, 0.25) is 0 Å². The first-order valence-corrected chi connectivity index (χ1v) is 4.78. The van der Waals surface area contributed by atoms with Crippen molar-refractivity contribution in [3.8, 4) is 0 Å². The molecule has 0 aliphatic heterocycles. The molecule has 0 radical (unpaired) electrons. The van der Waals surface area contributed by atoms with E-state index < -0.39 is 0 Å². The summed E-state index contributed by atoms with van der Waals surface area (Å²) in [5.41, 5.74) is 1.14. The summed E-state index contributed by atoms with van der Waals surface area (Å²) in [7, 11) is 0. The van der Waals surface area contributed by atoms with E-state index in [-0.39, 0.29) is 0 Å². The Morgan fingerprint density at radius 2 is 1.91 bits per heavy atom. The number of rotatable bonds is 0. The topological polar surface area (TPSA) is 15.8 Å². The fraction of sp³-hybridized carbons (Fsp3) is 0. The molecule has 0 aliphatic rings. The number of H-pyrrole nitrogens is 1. The lowest BCUT2D eigenvalue weighted by Gasteiger charge is -1.89. The molecule has 1 aromatic carbocycles. The van der Waals surface area contributed by atoms with Gasteiger partial charge in [0.15, 0.2) is 0 Å². The van der Waals surface area contributed by atoms with Crippen LogP contribution in [0.2, 0.25) is 0 Å². The van der Waals surface area contributed by atoms with Gasteiger partial charge in [-0.25, -0.2) is 0 Å². The molecule has 0 bridgehead atoms. The number of benzene rings is 1. The Morgan fingerprint density at radius 1 is 1.09 bits per heavy atom. The van der Waals surface area contributed by atoms with Crippen molar-refractivity contribution in [2.45, 2.75) is 0 Å². The summed E-state index contributed by atoms with van der Waals surface area (Å²) in [5, 5.41) is 1.22. The number of hydrogen-bond donors (Lipinski definition) is 1. The molecule has 1 nitrogen and oxygen atoms in total. The Labute approximate surface area is 81.1 Å². The van der Waals surface area contributed by atoms with E-state index in [4.69, 9.17) is 0 Å². The van der Waals surface area contributed by atoms with Gasteiger partial charge in [0.05, 0.1) is 4.60 Å². The van der Waals surface area contributed by atoms with Gasteiger partial charge in [-0.3, -0.25) is 0 Å².